The van der Waals surface area contributed by atoms with Gasteiger partial charge in [0.1, 0.15) is 0 Å². The zero-order valence-corrected chi connectivity index (χ0v) is 10.5. The lowest BCUT2D eigenvalue weighted by Gasteiger charge is -2.19. The number of carbonyl (C=O) groups excluding carboxylic acids is 1. The lowest BCUT2D eigenvalue weighted by Crippen LogP contribution is -2.36. The number of anilines is 1. The highest BCUT2D eigenvalue weighted by Crippen LogP contribution is 2.20. The van der Waals surface area contributed by atoms with Crippen molar-refractivity contribution in [2.75, 3.05) is 18.7 Å². The van der Waals surface area contributed by atoms with E-state index in [0.29, 0.717) is 0 Å². The van der Waals surface area contributed by atoms with Crippen LogP contribution in [-0.2, 0) is 4.74 Å². The third-order valence-corrected chi connectivity index (χ3v) is 2.41. The number of nitrogens with zero attached hydrogens (tertiary/aromatic N) is 1. The fourth-order valence-corrected chi connectivity index (χ4v) is 1.35. The molecule has 0 saturated carbocycles. The molecule has 0 radical (unpaired) electrons. The number of benzene rings is 1. The lowest BCUT2D eigenvalue weighted by molar-refractivity contribution is 0.0526. The Hall–Kier alpha value is -1.66. The predicted molar refractivity (Wildman–Crippen MR) is 68.3 cm³/mol. The number of hydrogen-bond donors (Lipinski definition) is 2. The first kappa shape index (κ1) is 13.4. The van der Waals surface area contributed by atoms with E-state index in [2.05, 4.69) is 5.32 Å². The molecule has 0 aliphatic rings. The molecule has 92 valence electrons. The van der Waals surface area contributed by atoms with Gasteiger partial charge in [0, 0.05) is 7.05 Å². The molecular formula is C11H14N2O3S. The zero-order valence-electron chi connectivity index (χ0n) is 9.64. The minimum atomic E-state index is -0.499. The second kappa shape index (κ2) is 6.17. The van der Waals surface area contributed by atoms with Gasteiger partial charge in [0.15, 0.2) is 5.11 Å². The molecule has 0 spiro atoms. The Morgan fingerprint density at radius 1 is 1.53 bits per heavy atom. The van der Waals surface area contributed by atoms with Crippen LogP contribution in [0.15, 0.2) is 24.3 Å². The van der Waals surface area contributed by atoms with E-state index in [1.807, 2.05) is 0 Å². The van der Waals surface area contributed by atoms with E-state index in [4.69, 9.17) is 17.0 Å². The molecular weight excluding hydrogens is 240 g/mol. The Kier molecular flexibility index (Phi) is 4.86. The molecule has 2 N–H and O–H groups in total. The minimum Gasteiger partial charge on any atom is -0.462 e. The third-order valence-electron chi connectivity index (χ3n) is 2.03. The van der Waals surface area contributed by atoms with Crippen molar-refractivity contribution in [3.63, 3.8) is 0 Å². The topological polar surface area (TPSA) is 61.8 Å². The van der Waals surface area contributed by atoms with E-state index in [0.717, 1.165) is 5.06 Å². The monoisotopic (exact) mass is 254 g/mol. The summed E-state index contributed by atoms with van der Waals surface area (Å²) in [7, 11) is 1.58. The van der Waals surface area contributed by atoms with Crippen LogP contribution in [-0.4, -0.2) is 29.9 Å². The molecule has 0 atom stereocenters. The molecule has 0 saturated heterocycles. The highest BCUT2D eigenvalue weighted by atomic mass is 32.1. The van der Waals surface area contributed by atoms with Gasteiger partial charge < -0.3 is 10.1 Å². The van der Waals surface area contributed by atoms with Crippen LogP contribution in [0.5, 0.6) is 0 Å². The molecule has 0 fully saturated rings. The summed E-state index contributed by atoms with van der Waals surface area (Å²) in [5.41, 5.74) is 0.541. The van der Waals surface area contributed by atoms with E-state index in [1.165, 1.54) is 0 Å². The van der Waals surface area contributed by atoms with Crippen molar-refractivity contribution < 1.29 is 14.7 Å². The second-order valence-electron chi connectivity index (χ2n) is 3.10. The molecule has 0 unspecified atom stereocenters. The Morgan fingerprint density at radius 2 is 2.18 bits per heavy atom. The van der Waals surface area contributed by atoms with Gasteiger partial charge in [0.2, 0.25) is 0 Å². The molecule has 0 bridgehead atoms. The first-order chi connectivity index (χ1) is 8.11. The SMILES string of the molecule is CCOC(=O)c1ccccc1N(O)C(=S)NC. The zero-order chi connectivity index (χ0) is 12.8. The molecule has 1 aromatic rings. The number of ether oxygens (including phenoxy) is 1. The van der Waals surface area contributed by atoms with Crippen molar-refractivity contribution in [1.29, 1.82) is 0 Å². The van der Waals surface area contributed by atoms with Crippen LogP contribution < -0.4 is 10.4 Å². The second-order valence-corrected chi connectivity index (χ2v) is 3.49. The third kappa shape index (κ3) is 3.15. The number of hydrogen-bond acceptors (Lipinski definition) is 4. The number of thiocarbonyl (C=S) groups is 1. The van der Waals surface area contributed by atoms with Crippen LogP contribution in [0.1, 0.15) is 17.3 Å². The van der Waals surface area contributed by atoms with Crippen molar-refractivity contribution in [3.8, 4) is 0 Å². The Balaban J connectivity index is 3.07. The number of para-hydroxylation sites is 1. The van der Waals surface area contributed by atoms with Crippen molar-refractivity contribution in [2.45, 2.75) is 6.92 Å². The van der Waals surface area contributed by atoms with Gasteiger partial charge in [-0.15, -0.1) is 0 Å². The molecule has 1 rings (SSSR count). The summed E-state index contributed by atoms with van der Waals surface area (Å²) < 4.78 is 4.89. The fourth-order valence-electron chi connectivity index (χ4n) is 1.26. The molecule has 0 amide bonds. The van der Waals surface area contributed by atoms with Crippen LogP contribution in [0, 0.1) is 0 Å². The number of carbonyl (C=O) groups is 1. The first-order valence-corrected chi connectivity index (χ1v) is 5.49. The van der Waals surface area contributed by atoms with Crippen LogP contribution in [0.4, 0.5) is 5.69 Å². The summed E-state index contributed by atoms with van der Waals surface area (Å²) >= 11 is 4.88. The van der Waals surface area contributed by atoms with E-state index < -0.39 is 5.97 Å². The van der Waals surface area contributed by atoms with Gasteiger partial charge in [0.05, 0.1) is 17.9 Å². The number of esters is 1. The van der Waals surface area contributed by atoms with Crippen LogP contribution in [0.2, 0.25) is 0 Å². The molecule has 0 aliphatic carbocycles. The standard InChI is InChI=1S/C11H14N2O3S/c1-3-16-10(14)8-6-4-5-7-9(8)13(15)11(17)12-2/h4-7,15H,3H2,1-2H3,(H,12,17). The molecule has 17 heavy (non-hydrogen) atoms. The predicted octanol–water partition coefficient (Wildman–Crippen LogP) is 1.56. The highest BCUT2D eigenvalue weighted by Gasteiger charge is 2.17. The molecule has 0 aliphatic heterocycles. The van der Waals surface area contributed by atoms with Crippen LogP contribution in [0.25, 0.3) is 0 Å². The molecule has 0 aromatic heterocycles. The van der Waals surface area contributed by atoms with Crippen molar-refractivity contribution in [2.24, 2.45) is 0 Å². The maximum absolute atomic E-state index is 11.7. The number of rotatable bonds is 3. The van der Waals surface area contributed by atoms with Crippen molar-refractivity contribution in [1.82, 2.24) is 5.32 Å². The van der Waals surface area contributed by atoms with Crippen molar-refractivity contribution >= 4 is 29.0 Å². The molecule has 5 nitrogen and oxygen atoms in total. The van der Waals surface area contributed by atoms with Gasteiger partial charge in [-0.25, -0.2) is 4.79 Å². The molecule has 1 aromatic carbocycles. The highest BCUT2D eigenvalue weighted by molar-refractivity contribution is 7.80. The first-order valence-electron chi connectivity index (χ1n) is 5.08. The number of hydroxylamine groups is 1. The average molecular weight is 254 g/mol. The van der Waals surface area contributed by atoms with E-state index in [1.54, 1.807) is 38.2 Å². The largest absolute Gasteiger partial charge is 0.462 e. The summed E-state index contributed by atoms with van der Waals surface area (Å²) in [6, 6.07) is 6.52. The van der Waals surface area contributed by atoms with Crippen LogP contribution >= 0.6 is 12.2 Å². The summed E-state index contributed by atoms with van der Waals surface area (Å²) in [6.07, 6.45) is 0. The number of nitrogens with one attached hydrogen (secondary N) is 1. The normalized spacial score (nSPS) is 9.59. The van der Waals surface area contributed by atoms with Gasteiger partial charge in [-0.2, -0.15) is 5.06 Å². The summed E-state index contributed by atoms with van der Waals surface area (Å²) in [4.78, 5) is 11.7. The van der Waals surface area contributed by atoms with Gasteiger partial charge in [-0.3, -0.25) is 5.21 Å². The van der Waals surface area contributed by atoms with Gasteiger partial charge in [-0.1, -0.05) is 12.1 Å². The maximum atomic E-state index is 11.7. The summed E-state index contributed by atoms with van der Waals surface area (Å²) in [5.74, 6) is -0.499. The van der Waals surface area contributed by atoms with Gasteiger partial charge in [-0.05, 0) is 31.3 Å². The van der Waals surface area contributed by atoms with Crippen LogP contribution in [0.3, 0.4) is 0 Å². The summed E-state index contributed by atoms with van der Waals surface area (Å²) in [6.45, 7) is 1.99. The Labute approximate surface area is 105 Å². The maximum Gasteiger partial charge on any atom is 0.340 e. The Bertz CT molecular complexity index is 423. The van der Waals surface area contributed by atoms with E-state index in [-0.39, 0.29) is 23.0 Å². The Morgan fingerprint density at radius 3 is 2.76 bits per heavy atom. The van der Waals surface area contributed by atoms with Gasteiger partial charge in [0.25, 0.3) is 0 Å². The molecule has 6 heteroatoms. The van der Waals surface area contributed by atoms with E-state index in [9.17, 15) is 10.0 Å². The van der Waals surface area contributed by atoms with Crippen molar-refractivity contribution in [3.05, 3.63) is 29.8 Å². The van der Waals surface area contributed by atoms with Gasteiger partial charge >= 0.3 is 5.97 Å². The fraction of sp³-hybridized carbons (Fsp3) is 0.273. The average Bonchev–Trinajstić information content (AvgIpc) is 2.37. The van der Waals surface area contributed by atoms with E-state index >= 15 is 0 Å². The quantitative estimate of drug-likeness (QED) is 0.485. The lowest BCUT2D eigenvalue weighted by atomic mass is 10.2. The minimum absolute atomic E-state index is 0.0988. The molecule has 0 heterocycles. The smallest absolute Gasteiger partial charge is 0.340 e. The summed E-state index contributed by atoms with van der Waals surface area (Å²) in [5, 5.41) is 13.3.